The molecule has 0 aliphatic rings. The van der Waals surface area contributed by atoms with E-state index < -0.39 is 0 Å². The van der Waals surface area contributed by atoms with Crippen molar-refractivity contribution in [3.05, 3.63) is 206 Å². The Labute approximate surface area is 318 Å². The minimum absolute atomic E-state index is 0.896. The van der Waals surface area contributed by atoms with Crippen LogP contribution < -0.4 is 4.90 Å². The number of hydrogen-bond donors (Lipinski definition) is 0. The Bertz CT molecular complexity index is 3170. The molecule has 0 unspecified atom stereocenters. The molecule has 11 aromatic rings. The van der Waals surface area contributed by atoms with Crippen molar-refractivity contribution in [2.45, 2.75) is 0 Å². The standard InChI is InChI=1S/C52H34N2O/c1-2-13-37-32-42(30-24-35(37)12-1)53(41-15-11-14-38(33-41)39-27-31-47-46-19-6-10-23-51(46)55-52(47)34-39)40-28-25-36(26-29-40)43-16-3-7-20-48(43)54-49-21-8-4-17-44(49)45-18-5-9-22-50(45)54/h1-34H. The molecule has 0 amide bonds. The Morgan fingerprint density at radius 1 is 0.345 bits per heavy atom. The fraction of sp³-hybridized carbons (Fsp3) is 0. The normalized spacial score (nSPS) is 11.6. The average molecular weight is 703 g/mol. The van der Waals surface area contributed by atoms with Crippen LogP contribution in [0.1, 0.15) is 0 Å². The van der Waals surface area contributed by atoms with Gasteiger partial charge >= 0.3 is 0 Å². The second-order valence-corrected chi connectivity index (χ2v) is 14.2. The Morgan fingerprint density at radius 3 is 1.76 bits per heavy atom. The number of benzene rings is 9. The highest BCUT2D eigenvalue weighted by atomic mass is 16.3. The van der Waals surface area contributed by atoms with Crippen LogP contribution in [0.15, 0.2) is 211 Å². The van der Waals surface area contributed by atoms with Crippen molar-refractivity contribution in [3.63, 3.8) is 0 Å². The maximum absolute atomic E-state index is 6.28. The van der Waals surface area contributed by atoms with E-state index in [0.717, 1.165) is 61.4 Å². The van der Waals surface area contributed by atoms with Crippen molar-refractivity contribution in [2.75, 3.05) is 4.90 Å². The lowest BCUT2D eigenvalue weighted by Crippen LogP contribution is -2.10. The number of aromatic nitrogens is 1. The third-order valence-corrected chi connectivity index (χ3v) is 11.0. The summed E-state index contributed by atoms with van der Waals surface area (Å²) >= 11 is 0. The van der Waals surface area contributed by atoms with Crippen LogP contribution in [0.2, 0.25) is 0 Å². The fourth-order valence-electron chi connectivity index (χ4n) is 8.38. The molecule has 2 heterocycles. The minimum Gasteiger partial charge on any atom is -0.456 e. The lowest BCUT2D eigenvalue weighted by atomic mass is 10.0. The van der Waals surface area contributed by atoms with E-state index in [-0.39, 0.29) is 0 Å². The van der Waals surface area contributed by atoms with Crippen molar-refractivity contribution in [2.24, 2.45) is 0 Å². The molecule has 9 aromatic carbocycles. The summed E-state index contributed by atoms with van der Waals surface area (Å²) < 4.78 is 8.69. The van der Waals surface area contributed by atoms with Crippen molar-refractivity contribution < 1.29 is 4.42 Å². The maximum atomic E-state index is 6.28. The van der Waals surface area contributed by atoms with Crippen LogP contribution in [0.4, 0.5) is 17.1 Å². The SMILES string of the molecule is c1cc(-c2ccc3c(c2)oc2ccccc23)cc(N(c2ccc(-c3ccccc3-n3c4ccccc4c4ccccc43)cc2)c2ccc3ccccc3c2)c1. The third-order valence-electron chi connectivity index (χ3n) is 11.0. The van der Waals surface area contributed by atoms with Gasteiger partial charge in [-0.2, -0.15) is 0 Å². The highest BCUT2D eigenvalue weighted by molar-refractivity contribution is 6.10. The molecule has 3 nitrogen and oxygen atoms in total. The third kappa shape index (κ3) is 5.20. The molecule has 0 saturated carbocycles. The highest BCUT2D eigenvalue weighted by Gasteiger charge is 2.18. The molecule has 11 rings (SSSR count). The number of fused-ring (bicyclic) bond motifs is 7. The summed E-state index contributed by atoms with van der Waals surface area (Å²) in [7, 11) is 0. The van der Waals surface area contributed by atoms with Gasteiger partial charge in [0.05, 0.1) is 16.7 Å². The molecular formula is C52H34N2O. The number of para-hydroxylation sites is 4. The van der Waals surface area contributed by atoms with Crippen LogP contribution >= 0.6 is 0 Å². The van der Waals surface area contributed by atoms with E-state index in [0.29, 0.717) is 0 Å². The predicted octanol–water partition coefficient (Wildman–Crippen LogP) is 14.6. The summed E-state index contributed by atoms with van der Waals surface area (Å²) in [6, 6.07) is 74.0. The van der Waals surface area contributed by atoms with Crippen LogP contribution in [0.5, 0.6) is 0 Å². The summed E-state index contributed by atoms with van der Waals surface area (Å²) in [6.45, 7) is 0. The summed E-state index contributed by atoms with van der Waals surface area (Å²) in [5.74, 6) is 0. The second-order valence-electron chi connectivity index (χ2n) is 14.2. The van der Waals surface area contributed by atoms with Crippen molar-refractivity contribution >= 4 is 71.6 Å². The maximum Gasteiger partial charge on any atom is 0.136 e. The van der Waals surface area contributed by atoms with Crippen LogP contribution in [-0.2, 0) is 0 Å². The van der Waals surface area contributed by atoms with Gasteiger partial charge in [-0.25, -0.2) is 0 Å². The largest absolute Gasteiger partial charge is 0.456 e. The van der Waals surface area contributed by atoms with Crippen LogP contribution in [-0.4, -0.2) is 4.57 Å². The lowest BCUT2D eigenvalue weighted by molar-refractivity contribution is 0.669. The first-order chi connectivity index (χ1) is 27.3. The van der Waals surface area contributed by atoms with Crippen molar-refractivity contribution in [3.8, 4) is 27.9 Å². The molecule has 3 heteroatoms. The van der Waals surface area contributed by atoms with Gasteiger partial charge in [0.1, 0.15) is 11.2 Å². The molecule has 2 aromatic heterocycles. The van der Waals surface area contributed by atoms with E-state index in [1.807, 2.05) is 12.1 Å². The van der Waals surface area contributed by atoms with Gasteiger partial charge in [0, 0.05) is 44.2 Å². The molecule has 0 aliphatic heterocycles. The molecule has 0 aliphatic carbocycles. The summed E-state index contributed by atoms with van der Waals surface area (Å²) in [5.41, 5.74) is 13.2. The number of anilines is 3. The van der Waals surface area contributed by atoms with E-state index >= 15 is 0 Å². The average Bonchev–Trinajstić information content (AvgIpc) is 3.80. The first-order valence-electron chi connectivity index (χ1n) is 18.8. The smallest absolute Gasteiger partial charge is 0.136 e. The monoisotopic (exact) mass is 702 g/mol. The van der Waals surface area contributed by atoms with E-state index in [9.17, 15) is 0 Å². The van der Waals surface area contributed by atoms with Gasteiger partial charge in [0.15, 0.2) is 0 Å². The molecule has 0 atom stereocenters. The highest BCUT2D eigenvalue weighted by Crippen LogP contribution is 2.41. The summed E-state index contributed by atoms with van der Waals surface area (Å²) in [6.07, 6.45) is 0. The summed E-state index contributed by atoms with van der Waals surface area (Å²) in [5, 5.41) is 7.21. The minimum atomic E-state index is 0.896. The van der Waals surface area contributed by atoms with Crippen LogP contribution in [0, 0.1) is 0 Å². The van der Waals surface area contributed by atoms with E-state index in [2.05, 4.69) is 204 Å². The molecule has 0 saturated heterocycles. The number of rotatable bonds is 6. The number of nitrogens with zero attached hydrogens (tertiary/aromatic N) is 2. The molecule has 258 valence electrons. The second kappa shape index (κ2) is 12.6. The van der Waals surface area contributed by atoms with Gasteiger partial charge in [-0.3, -0.25) is 0 Å². The predicted molar refractivity (Wildman–Crippen MR) is 231 cm³/mol. The van der Waals surface area contributed by atoms with Gasteiger partial charge in [-0.1, -0.05) is 133 Å². The molecule has 55 heavy (non-hydrogen) atoms. The van der Waals surface area contributed by atoms with Crippen LogP contribution in [0.3, 0.4) is 0 Å². The van der Waals surface area contributed by atoms with E-state index in [1.54, 1.807) is 0 Å². The molecule has 0 radical (unpaired) electrons. The van der Waals surface area contributed by atoms with Crippen molar-refractivity contribution in [1.82, 2.24) is 4.57 Å². The molecule has 0 fully saturated rings. The van der Waals surface area contributed by atoms with Crippen LogP contribution in [0.25, 0.3) is 82.5 Å². The zero-order valence-electron chi connectivity index (χ0n) is 29.9. The Balaban J connectivity index is 1.03. The van der Waals surface area contributed by atoms with E-state index in [1.165, 1.54) is 38.1 Å². The first-order valence-corrected chi connectivity index (χ1v) is 18.8. The Kier molecular flexibility index (Phi) is 7.17. The molecule has 0 N–H and O–H groups in total. The molecule has 0 spiro atoms. The first kappa shape index (κ1) is 31.2. The van der Waals surface area contributed by atoms with E-state index in [4.69, 9.17) is 4.42 Å². The van der Waals surface area contributed by atoms with Crippen molar-refractivity contribution in [1.29, 1.82) is 0 Å². The molecular weight excluding hydrogens is 669 g/mol. The van der Waals surface area contributed by atoms with Gasteiger partial charge in [0.25, 0.3) is 0 Å². The fourth-order valence-corrected chi connectivity index (χ4v) is 8.38. The van der Waals surface area contributed by atoms with Gasteiger partial charge in [0.2, 0.25) is 0 Å². The van der Waals surface area contributed by atoms with Gasteiger partial charge in [-0.05, 0) is 100 Å². The molecule has 0 bridgehead atoms. The summed E-state index contributed by atoms with van der Waals surface area (Å²) in [4.78, 5) is 2.36. The topological polar surface area (TPSA) is 21.3 Å². The lowest BCUT2D eigenvalue weighted by Gasteiger charge is -2.27. The quantitative estimate of drug-likeness (QED) is 0.172. The number of hydrogen-bond acceptors (Lipinski definition) is 2. The Morgan fingerprint density at radius 2 is 0.945 bits per heavy atom. The Hall–Kier alpha value is -7.36. The zero-order chi connectivity index (χ0) is 36.3. The van der Waals surface area contributed by atoms with Gasteiger partial charge < -0.3 is 13.9 Å². The zero-order valence-corrected chi connectivity index (χ0v) is 29.9. The van der Waals surface area contributed by atoms with Gasteiger partial charge in [-0.15, -0.1) is 0 Å². The number of furan rings is 1.